The second-order valence-electron chi connectivity index (χ2n) is 7.43. The smallest absolute Gasteiger partial charge is 0.415 e. The van der Waals surface area contributed by atoms with Crippen LogP contribution in [0.3, 0.4) is 0 Å². The Morgan fingerprint density at radius 2 is 2.06 bits per heavy atom. The zero-order chi connectivity index (χ0) is 22.4. The third-order valence-electron chi connectivity index (χ3n) is 5.34. The molecule has 1 amide bonds. The van der Waals surface area contributed by atoms with E-state index < -0.39 is 48.7 Å². The van der Waals surface area contributed by atoms with E-state index in [1.54, 1.807) is 6.07 Å². The molecule has 3 atom stereocenters. The Hall–Kier alpha value is -3.21. The number of hydrogen-bond donors (Lipinski definition) is 2. The number of ether oxygens (including phenoxy) is 2. The number of hydrogen-bond acceptors (Lipinski definition) is 6. The van der Waals surface area contributed by atoms with Gasteiger partial charge in [-0.25, -0.2) is 9.38 Å². The average molecular weight is 438 g/mol. The van der Waals surface area contributed by atoms with E-state index in [-0.39, 0.29) is 23.0 Å². The first kappa shape index (κ1) is 21.0. The van der Waals surface area contributed by atoms with Gasteiger partial charge in [-0.2, -0.15) is 13.2 Å². The summed E-state index contributed by atoms with van der Waals surface area (Å²) in [5.41, 5.74) is 4.85. The molecular formula is C20H18F4N4O3. The quantitative estimate of drug-likeness (QED) is 0.718. The first-order chi connectivity index (χ1) is 14.6. The molecule has 1 saturated heterocycles. The summed E-state index contributed by atoms with van der Waals surface area (Å²) >= 11 is 0. The Morgan fingerprint density at radius 3 is 2.74 bits per heavy atom. The molecule has 0 spiro atoms. The molecule has 4 rings (SSSR count). The van der Waals surface area contributed by atoms with Crippen LogP contribution in [0.25, 0.3) is 0 Å². The number of carbonyl (C=O) groups is 1. The van der Waals surface area contributed by atoms with Gasteiger partial charge in [-0.1, -0.05) is 6.07 Å². The maximum atomic E-state index is 14.8. The van der Waals surface area contributed by atoms with Crippen LogP contribution >= 0.6 is 0 Å². The number of benzene rings is 1. The number of rotatable bonds is 3. The van der Waals surface area contributed by atoms with Gasteiger partial charge >= 0.3 is 6.18 Å². The molecule has 0 bridgehead atoms. The lowest BCUT2D eigenvalue weighted by molar-refractivity contribution is -0.219. The van der Waals surface area contributed by atoms with Crippen molar-refractivity contribution >= 4 is 17.6 Å². The lowest BCUT2D eigenvalue weighted by Crippen LogP contribution is -2.48. The summed E-state index contributed by atoms with van der Waals surface area (Å²) < 4.78 is 65.2. The molecule has 2 aromatic rings. The fraction of sp³-hybridized carbons (Fsp3) is 0.350. The number of amides is 1. The Balaban J connectivity index is 1.71. The Bertz CT molecular complexity index is 1040. The Morgan fingerprint density at radius 1 is 1.29 bits per heavy atom. The number of aliphatic imine (C=N–C) groups is 1. The maximum Gasteiger partial charge on any atom is 0.415 e. The summed E-state index contributed by atoms with van der Waals surface area (Å²) in [5, 5.41) is 2.57. The molecule has 0 aliphatic carbocycles. The number of alkyl halides is 3. The van der Waals surface area contributed by atoms with Gasteiger partial charge in [0.15, 0.2) is 6.10 Å². The molecule has 2 unspecified atom stereocenters. The number of carbonyl (C=O) groups excluding carboxylic acids is 1. The van der Waals surface area contributed by atoms with Crippen molar-refractivity contribution in [1.82, 2.24) is 4.98 Å². The number of amidine groups is 1. The highest BCUT2D eigenvalue weighted by molar-refractivity contribution is 6.02. The summed E-state index contributed by atoms with van der Waals surface area (Å²) in [6, 6.07) is 6.43. The SMILES string of the molecule is Cc1ccc(C(=O)Nc2ccc(F)c(C34CO[C@H](C(F)(F)F)C3COC(N)=N4)c2)nc1. The summed E-state index contributed by atoms with van der Waals surface area (Å²) in [5.74, 6) is -2.71. The third-order valence-corrected chi connectivity index (χ3v) is 5.34. The van der Waals surface area contributed by atoms with Gasteiger partial charge in [0.25, 0.3) is 11.9 Å². The Kier molecular flexibility index (Phi) is 5.08. The summed E-state index contributed by atoms with van der Waals surface area (Å²) in [6.07, 6.45) is -5.38. The Labute approximate surface area is 174 Å². The molecule has 3 N–H and O–H groups in total. The normalized spacial score (nSPS) is 25.4. The van der Waals surface area contributed by atoms with Crippen molar-refractivity contribution in [1.29, 1.82) is 0 Å². The number of pyridine rings is 1. The topological polar surface area (TPSA) is 98.8 Å². The number of fused-ring (bicyclic) bond motifs is 1. The predicted octanol–water partition coefficient (Wildman–Crippen LogP) is 2.90. The van der Waals surface area contributed by atoms with E-state index in [2.05, 4.69) is 15.3 Å². The van der Waals surface area contributed by atoms with Gasteiger partial charge in [-0.3, -0.25) is 9.78 Å². The first-order valence-electron chi connectivity index (χ1n) is 9.30. The van der Waals surface area contributed by atoms with Crippen LogP contribution in [0.1, 0.15) is 21.6 Å². The van der Waals surface area contributed by atoms with Crippen LogP contribution in [0.4, 0.5) is 23.2 Å². The molecule has 2 aliphatic heterocycles. The van der Waals surface area contributed by atoms with Crippen LogP contribution in [0, 0.1) is 18.7 Å². The van der Waals surface area contributed by atoms with Gasteiger partial charge in [0.2, 0.25) is 0 Å². The molecule has 7 nitrogen and oxygen atoms in total. The molecule has 164 valence electrons. The van der Waals surface area contributed by atoms with Crippen molar-refractivity contribution in [2.24, 2.45) is 16.6 Å². The van der Waals surface area contributed by atoms with Gasteiger partial charge < -0.3 is 20.5 Å². The number of anilines is 1. The molecule has 1 aromatic carbocycles. The molecular weight excluding hydrogens is 420 g/mol. The second kappa shape index (κ2) is 7.49. The zero-order valence-corrected chi connectivity index (χ0v) is 16.2. The van der Waals surface area contributed by atoms with Crippen LogP contribution in [0.5, 0.6) is 0 Å². The van der Waals surface area contributed by atoms with E-state index in [0.717, 1.165) is 11.6 Å². The van der Waals surface area contributed by atoms with Gasteiger partial charge in [0.1, 0.15) is 17.1 Å². The number of nitrogens with two attached hydrogens (primary N) is 1. The first-order valence-corrected chi connectivity index (χ1v) is 9.30. The lowest BCUT2D eigenvalue weighted by Gasteiger charge is -2.36. The molecule has 31 heavy (non-hydrogen) atoms. The summed E-state index contributed by atoms with van der Waals surface area (Å²) in [7, 11) is 0. The summed E-state index contributed by atoms with van der Waals surface area (Å²) in [4.78, 5) is 20.5. The van der Waals surface area contributed by atoms with E-state index in [9.17, 15) is 22.4 Å². The van der Waals surface area contributed by atoms with Gasteiger partial charge in [0, 0.05) is 17.4 Å². The van der Waals surface area contributed by atoms with Crippen LogP contribution in [0.2, 0.25) is 0 Å². The minimum absolute atomic E-state index is 0.127. The predicted molar refractivity (Wildman–Crippen MR) is 102 cm³/mol. The number of nitrogens with one attached hydrogen (secondary N) is 1. The van der Waals surface area contributed by atoms with Gasteiger partial charge in [-0.05, 0) is 36.8 Å². The molecule has 3 heterocycles. The van der Waals surface area contributed by atoms with Crippen molar-refractivity contribution in [3.63, 3.8) is 0 Å². The van der Waals surface area contributed by atoms with Crippen LogP contribution in [-0.2, 0) is 15.0 Å². The van der Waals surface area contributed by atoms with Crippen LogP contribution in [-0.4, -0.2) is 42.4 Å². The summed E-state index contributed by atoms with van der Waals surface area (Å²) in [6.45, 7) is 0.831. The van der Waals surface area contributed by atoms with Crippen molar-refractivity contribution in [3.8, 4) is 0 Å². The van der Waals surface area contributed by atoms with E-state index in [1.165, 1.54) is 24.4 Å². The van der Waals surface area contributed by atoms with E-state index in [1.807, 2.05) is 6.92 Å². The lowest BCUT2D eigenvalue weighted by atomic mass is 9.77. The molecule has 11 heteroatoms. The van der Waals surface area contributed by atoms with Crippen molar-refractivity contribution in [2.75, 3.05) is 18.5 Å². The zero-order valence-electron chi connectivity index (χ0n) is 16.2. The molecule has 1 fully saturated rings. The number of halogens is 4. The number of aromatic nitrogens is 1. The largest absolute Gasteiger partial charge is 0.465 e. The molecule has 1 aromatic heterocycles. The van der Waals surface area contributed by atoms with Crippen molar-refractivity contribution in [3.05, 3.63) is 59.2 Å². The van der Waals surface area contributed by atoms with Crippen molar-refractivity contribution < 1.29 is 31.8 Å². The van der Waals surface area contributed by atoms with Gasteiger partial charge in [0.05, 0.1) is 19.1 Å². The minimum Gasteiger partial charge on any atom is -0.465 e. The average Bonchev–Trinajstić information content (AvgIpc) is 3.09. The highest BCUT2D eigenvalue weighted by Gasteiger charge is 2.62. The fourth-order valence-electron chi connectivity index (χ4n) is 3.83. The van der Waals surface area contributed by atoms with E-state index >= 15 is 0 Å². The van der Waals surface area contributed by atoms with E-state index in [4.69, 9.17) is 15.2 Å². The second-order valence-corrected chi connectivity index (χ2v) is 7.43. The van der Waals surface area contributed by atoms with Crippen molar-refractivity contribution in [2.45, 2.75) is 24.7 Å². The standard InChI is InChI=1S/C20H18F4N4O3/c1-10-2-5-15(26-7-10)17(29)27-11-3-4-14(21)12(6-11)19-9-31-16(20(22,23)24)13(19)8-30-18(25)28-19/h2-7,13,16H,8-9H2,1H3,(H2,25,28)(H,27,29)/t13?,16-,19?/m0/s1. The van der Waals surface area contributed by atoms with Crippen LogP contribution in [0.15, 0.2) is 41.5 Å². The molecule has 0 saturated carbocycles. The maximum absolute atomic E-state index is 14.8. The minimum atomic E-state index is -4.70. The monoisotopic (exact) mass is 438 g/mol. The van der Waals surface area contributed by atoms with Gasteiger partial charge in [-0.15, -0.1) is 0 Å². The number of aryl methyl sites for hydroxylation is 1. The van der Waals surface area contributed by atoms with Crippen LogP contribution < -0.4 is 11.1 Å². The third kappa shape index (κ3) is 3.80. The highest BCUT2D eigenvalue weighted by atomic mass is 19.4. The fourth-order valence-corrected chi connectivity index (χ4v) is 3.83. The molecule has 2 aliphatic rings. The highest BCUT2D eigenvalue weighted by Crippen LogP contribution is 2.50. The molecule has 0 radical (unpaired) electrons. The number of nitrogens with zero attached hydrogens (tertiary/aromatic N) is 2. The van der Waals surface area contributed by atoms with E-state index in [0.29, 0.717) is 0 Å².